The minimum absolute atomic E-state index is 0.0897. The number of benzene rings is 2. The van der Waals surface area contributed by atoms with Gasteiger partial charge in [-0.3, -0.25) is 0 Å². The molecule has 4 rings (SSSR count). The minimum Gasteiger partial charge on any atom is -0.497 e. The standard InChI is InChI=1S/C25H22F3N5O4/c1-14-22(16-5-7-17(8-6-16)25(26,27)28)37-24(31-14)32-18-11-20(21(30-12-18)23(29)33-34)36-13-15-3-9-19(35-2)10-4-15/h3-12,34H,13H2,1-2H3,(H2,29,33)(H,31,32). The van der Waals surface area contributed by atoms with E-state index in [2.05, 4.69) is 20.4 Å². The number of halogens is 3. The summed E-state index contributed by atoms with van der Waals surface area (Å²) in [5, 5.41) is 15.1. The third kappa shape index (κ3) is 5.92. The first kappa shape index (κ1) is 25.4. The van der Waals surface area contributed by atoms with Gasteiger partial charge in [0.1, 0.15) is 12.4 Å². The Morgan fingerprint density at radius 2 is 1.84 bits per heavy atom. The van der Waals surface area contributed by atoms with Crippen molar-refractivity contribution in [2.24, 2.45) is 10.9 Å². The van der Waals surface area contributed by atoms with Crippen molar-refractivity contribution >= 4 is 17.5 Å². The van der Waals surface area contributed by atoms with Gasteiger partial charge in [0.25, 0.3) is 6.01 Å². The van der Waals surface area contributed by atoms with E-state index >= 15 is 0 Å². The number of anilines is 2. The van der Waals surface area contributed by atoms with Crippen LogP contribution < -0.4 is 20.5 Å². The van der Waals surface area contributed by atoms with Crippen LogP contribution in [0.4, 0.5) is 24.9 Å². The molecule has 9 nitrogen and oxygen atoms in total. The van der Waals surface area contributed by atoms with E-state index in [0.717, 1.165) is 17.7 Å². The molecule has 0 aliphatic heterocycles. The van der Waals surface area contributed by atoms with Gasteiger partial charge in [0.15, 0.2) is 23.0 Å². The second kappa shape index (κ2) is 10.5. The first-order valence-corrected chi connectivity index (χ1v) is 10.8. The predicted octanol–water partition coefficient (Wildman–Crippen LogP) is 5.49. The summed E-state index contributed by atoms with van der Waals surface area (Å²) in [5.41, 5.74) is 7.28. The molecule has 12 heteroatoms. The lowest BCUT2D eigenvalue weighted by molar-refractivity contribution is -0.137. The monoisotopic (exact) mass is 513 g/mol. The number of rotatable bonds is 8. The van der Waals surface area contributed by atoms with Crippen LogP contribution in [0.5, 0.6) is 11.5 Å². The predicted molar refractivity (Wildman–Crippen MR) is 129 cm³/mol. The Morgan fingerprint density at radius 3 is 2.46 bits per heavy atom. The highest BCUT2D eigenvalue weighted by Gasteiger charge is 2.30. The van der Waals surface area contributed by atoms with Crippen LogP contribution in [-0.2, 0) is 12.8 Å². The average Bonchev–Trinajstić information content (AvgIpc) is 3.26. The Balaban J connectivity index is 1.55. The molecule has 2 aromatic carbocycles. The molecular formula is C25H22F3N5O4. The number of aryl methyl sites for hydroxylation is 1. The largest absolute Gasteiger partial charge is 0.497 e. The van der Waals surface area contributed by atoms with E-state index < -0.39 is 11.7 Å². The maximum atomic E-state index is 12.9. The Hall–Kier alpha value is -4.74. The van der Waals surface area contributed by atoms with Gasteiger partial charge in [-0.05, 0) is 36.8 Å². The highest BCUT2D eigenvalue weighted by molar-refractivity contribution is 5.98. The summed E-state index contributed by atoms with van der Waals surface area (Å²) in [6.07, 6.45) is -3.02. The summed E-state index contributed by atoms with van der Waals surface area (Å²) in [7, 11) is 1.57. The molecular weight excluding hydrogens is 491 g/mol. The Morgan fingerprint density at radius 1 is 1.14 bits per heavy atom. The van der Waals surface area contributed by atoms with Crippen LogP contribution in [0.3, 0.4) is 0 Å². The molecule has 0 fully saturated rings. The van der Waals surface area contributed by atoms with Gasteiger partial charge in [-0.2, -0.15) is 18.2 Å². The molecule has 0 atom stereocenters. The van der Waals surface area contributed by atoms with Crippen LogP contribution >= 0.6 is 0 Å². The third-order valence-electron chi connectivity index (χ3n) is 5.28. The Bertz CT molecular complexity index is 1400. The molecule has 0 radical (unpaired) electrons. The molecule has 4 aromatic rings. The molecule has 0 unspecified atom stereocenters. The fourth-order valence-corrected chi connectivity index (χ4v) is 3.40. The van der Waals surface area contributed by atoms with Crippen molar-refractivity contribution < 1.29 is 32.3 Å². The van der Waals surface area contributed by atoms with E-state index in [0.29, 0.717) is 28.5 Å². The zero-order valence-corrected chi connectivity index (χ0v) is 19.7. The van der Waals surface area contributed by atoms with Crippen molar-refractivity contribution in [2.75, 3.05) is 12.4 Å². The number of amidine groups is 1. The lowest BCUT2D eigenvalue weighted by Gasteiger charge is -2.12. The normalized spacial score (nSPS) is 11.9. The molecule has 192 valence electrons. The van der Waals surface area contributed by atoms with Crippen molar-refractivity contribution in [1.29, 1.82) is 0 Å². The fourth-order valence-electron chi connectivity index (χ4n) is 3.40. The summed E-state index contributed by atoms with van der Waals surface area (Å²) >= 11 is 0. The first-order chi connectivity index (χ1) is 17.7. The smallest absolute Gasteiger partial charge is 0.416 e. The van der Waals surface area contributed by atoms with E-state index in [1.165, 1.54) is 18.3 Å². The number of oxazole rings is 1. The lowest BCUT2D eigenvalue weighted by atomic mass is 10.1. The average molecular weight is 513 g/mol. The van der Waals surface area contributed by atoms with E-state index in [1.807, 2.05) is 12.1 Å². The molecule has 0 spiro atoms. The van der Waals surface area contributed by atoms with Gasteiger partial charge < -0.3 is 30.1 Å². The molecule has 0 saturated carbocycles. The van der Waals surface area contributed by atoms with Crippen molar-refractivity contribution in [3.8, 4) is 22.8 Å². The molecule has 37 heavy (non-hydrogen) atoms. The first-order valence-electron chi connectivity index (χ1n) is 10.8. The SMILES string of the molecule is COc1ccc(COc2cc(Nc3nc(C)c(-c4ccc(C(F)(F)F)cc4)o3)cnc2C(N)=NO)cc1. The number of pyridine rings is 1. The number of ether oxygens (including phenoxy) is 2. The second-order valence-electron chi connectivity index (χ2n) is 7.83. The van der Waals surface area contributed by atoms with Crippen LogP contribution in [-0.4, -0.2) is 28.1 Å². The Kier molecular flexibility index (Phi) is 7.18. The van der Waals surface area contributed by atoms with Gasteiger partial charge >= 0.3 is 6.18 Å². The van der Waals surface area contributed by atoms with Crippen LogP contribution in [0.15, 0.2) is 70.4 Å². The van der Waals surface area contributed by atoms with Gasteiger partial charge in [0.05, 0.1) is 30.3 Å². The number of hydrogen-bond donors (Lipinski definition) is 3. The number of hydrogen-bond acceptors (Lipinski definition) is 8. The van der Waals surface area contributed by atoms with E-state index in [9.17, 15) is 13.2 Å². The van der Waals surface area contributed by atoms with Crippen LogP contribution in [0.1, 0.15) is 22.5 Å². The molecule has 2 aromatic heterocycles. The summed E-state index contributed by atoms with van der Waals surface area (Å²) in [4.78, 5) is 8.50. The van der Waals surface area contributed by atoms with E-state index in [4.69, 9.17) is 24.8 Å². The quantitative estimate of drug-likeness (QED) is 0.122. The third-order valence-corrected chi connectivity index (χ3v) is 5.28. The summed E-state index contributed by atoms with van der Waals surface area (Å²) in [6, 6.07) is 13.5. The molecule has 4 N–H and O–H groups in total. The van der Waals surface area contributed by atoms with Gasteiger partial charge in [-0.25, -0.2) is 4.98 Å². The summed E-state index contributed by atoms with van der Waals surface area (Å²) in [5.74, 6) is 0.995. The highest BCUT2D eigenvalue weighted by Crippen LogP contribution is 2.33. The maximum absolute atomic E-state index is 12.9. The van der Waals surface area contributed by atoms with Gasteiger partial charge in [-0.15, -0.1) is 0 Å². The maximum Gasteiger partial charge on any atom is 0.416 e. The zero-order chi connectivity index (χ0) is 26.6. The van der Waals surface area contributed by atoms with Crippen molar-refractivity contribution in [3.63, 3.8) is 0 Å². The summed E-state index contributed by atoms with van der Waals surface area (Å²) in [6.45, 7) is 1.84. The molecule has 0 aliphatic rings. The van der Waals surface area contributed by atoms with Crippen LogP contribution in [0.2, 0.25) is 0 Å². The highest BCUT2D eigenvalue weighted by atomic mass is 19.4. The fraction of sp³-hybridized carbons (Fsp3) is 0.160. The van der Waals surface area contributed by atoms with Gasteiger partial charge in [0, 0.05) is 11.6 Å². The number of methoxy groups -OCH3 is 1. The van der Waals surface area contributed by atoms with Crippen molar-refractivity contribution in [1.82, 2.24) is 9.97 Å². The molecule has 0 bridgehead atoms. The molecule has 0 aliphatic carbocycles. The van der Waals surface area contributed by atoms with E-state index in [1.54, 1.807) is 32.2 Å². The van der Waals surface area contributed by atoms with Crippen molar-refractivity contribution in [3.05, 3.63) is 83.3 Å². The second-order valence-corrected chi connectivity index (χ2v) is 7.83. The number of nitrogens with zero attached hydrogens (tertiary/aromatic N) is 3. The zero-order valence-electron chi connectivity index (χ0n) is 19.7. The number of aromatic nitrogens is 2. The van der Waals surface area contributed by atoms with Crippen molar-refractivity contribution in [2.45, 2.75) is 19.7 Å². The molecule has 2 heterocycles. The Labute approximate surface area is 209 Å². The number of nitrogens with one attached hydrogen (secondary N) is 1. The lowest BCUT2D eigenvalue weighted by Crippen LogP contribution is -2.17. The van der Waals surface area contributed by atoms with Crippen LogP contribution in [0, 0.1) is 6.92 Å². The van der Waals surface area contributed by atoms with E-state index in [-0.39, 0.29) is 29.9 Å². The topological polar surface area (TPSA) is 128 Å². The minimum atomic E-state index is -4.43. The summed E-state index contributed by atoms with van der Waals surface area (Å²) < 4.78 is 55.4. The number of alkyl halides is 3. The number of oxime groups is 1. The molecule has 0 amide bonds. The molecule has 0 saturated heterocycles. The van der Waals surface area contributed by atoms with Gasteiger partial charge in [-0.1, -0.05) is 29.4 Å². The number of nitrogens with two attached hydrogens (primary N) is 1. The van der Waals surface area contributed by atoms with Crippen LogP contribution in [0.25, 0.3) is 11.3 Å². The van der Waals surface area contributed by atoms with Gasteiger partial charge in [0.2, 0.25) is 0 Å².